The van der Waals surface area contributed by atoms with Gasteiger partial charge in [-0.2, -0.15) is 4.98 Å². The molecule has 2 aromatic carbocycles. The molecule has 6 rings (SSSR count). The molecule has 12 nitrogen and oxygen atoms in total. The second-order valence-electron chi connectivity index (χ2n) is 15.7. The van der Waals surface area contributed by atoms with Crippen LogP contribution in [0, 0.1) is 19.3 Å². The van der Waals surface area contributed by atoms with Crippen molar-refractivity contribution in [2.24, 2.45) is 5.41 Å². The summed E-state index contributed by atoms with van der Waals surface area (Å²) in [7, 11) is -2.48. The number of fused-ring (bicyclic) bond motifs is 4. The minimum atomic E-state index is -4.19. The predicted octanol–water partition coefficient (Wildman–Crippen LogP) is 6.58. The van der Waals surface area contributed by atoms with Gasteiger partial charge in [0.15, 0.2) is 0 Å². The van der Waals surface area contributed by atoms with E-state index in [0.29, 0.717) is 24.5 Å². The van der Waals surface area contributed by atoms with Crippen LogP contribution in [0.5, 0.6) is 5.88 Å². The van der Waals surface area contributed by atoms with Crippen LogP contribution in [0.1, 0.15) is 81.2 Å². The molecule has 1 N–H and O–H groups in total. The van der Waals surface area contributed by atoms with Gasteiger partial charge in [-0.3, -0.25) is 4.79 Å². The lowest BCUT2D eigenvalue weighted by molar-refractivity contribution is 0.0505. The Labute approximate surface area is 307 Å². The number of hydrogen-bond acceptors (Lipinski definition) is 10. The van der Waals surface area contributed by atoms with Crippen LogP contribution in [0.25, 0.3) is 11.3 Å². The number of carbonyl (C=O) groups is 1. The van der Waals surface area contributed by atoms with Crippen molar-refractivity contribution < 1.29 is 22.7 Å². The molecule has 0 radical (unpaired) electrons. The first kappa shape index (κ1) is 37.1. The van der Waals surface area contributed by atoms with Crippen LogP contribution < -0.4 is 14.4 Å². The minimum Gasteiger partial charge on any atom is -0.475 e. The predicted molar refractivity (Wildman–Crippen MR) is 201 cm³/mol. The quantitative estimate of drug-likeness (QED) is 0.222. The Morgan fingerprint density at radius 1 is 1.00 bits per heavy atom. The van der Waals surface area contributed by atoms with Gasteiger partial charge in [0.1, 0.15) is 12.4 Å². The number of benzene rings is 2. The number of aryl methyl sites for hydroxylation is 2. The van der Waals surface area contributed by atoms with Crippen molar-refractivity contribution in [1.82, 2.24) is 24.8 Å². The molecule has 2 aliphatic heterocycles. The molecule has 4 aromatic rings. The van der Waals surface area contributed by atoms with Crippen molar-refractivity contribution in [3.8, 4) is 17.1 Å². The highest BCUT2D eigenvalue weighted by atomic mass is 32.2. The summed E-state index contributed by atoms with van der Waals surface area (Å²) in [6.07, 6.45) is 6.21. The highest BCUT2D eigenvalue weighted by Gasteiger charge is 2.40. The summed E-state index contributed by atoms with van der Waals surface area (Å²) in [5.74, 6) is 0.143. The van der Waals surface area contributed by atoms with E-state index < -0.39 is 16.1 Å². The molecule has 276 valence electrons. The summed E-state index contributed by atoms with van der Waals surface area (Å²) >= 11 is 0. The molecule has 52 heavy (non-hydrogen) atoms. The fourth-order valence-electron chi connectivity index (χ4n) is 7.43. The molecule has 4 bridgehead atoms. The maximum Gasteiger partial charge on any atom is 0.264 e. The number of rotatable bonds is 7. The number of nitrogens with zero attached hydrogens (tertiary/aromatic N) is 6. The summed E-state index contributed by atoms with van der Waals surface area (Å²) in [5, 5.41) is 0. The number of hydrogen-bond donors (Lipinski definition) is 1. The van der Waals surface area contributed by atoms with Gasteiger partial charge in [0, 0.05) is 29.8 Å². The number of anilines is 2. The third-order valence-corrected chi connectivity index (χ3v) is 11.1. The van der Waals surface area contributed by atoms with Crippen molar-refractivity contribution in [2.45, 2.75) is 96.8 Å². The van der Waals surface area contributed by atoms with Crippen molar-refractivity contribution >= 4 is 27.6 Å². The van der Waals surface area contributed by atoms with Gasteiger partial charge in [-0.15, -0.1) is 0 Å². The smallest absolute Gasteiger partial charge is 0.264 e. The molecule has 0 unspecified atom stereocenters. The van der Waals surface area contributed by atoms with E-state index >= 15 is 0 Å². The van der Waals surface area contributed by atoms with Crippen molar-refractivity contribution in [3.05, 3.63) is 83.4 Å². The molecule has 13 heteroatoms. The van der Waals surface area contributed by atoms with Crippen LogP contribution in [0.2, 0.25) is 0 Å². The first-order chi connectivity index (χ1) is 24.5. The van der Waals surface area contributed by atoms with E-state index in [1.807, 2.05) is 44.4 Å². The average Bonchev–Trinajstić information content (AvgIpc) is 3.38. The van der Waals surface area contributed by atoms with Gasteiger partial charge < -0.3 is 19.3 Å². The van der Waals surface area contributed by atoms with Gasteiger partial charge >= 0.3 is 0 Å². The molecular formula is C39H49N7O5S. The Morgan fingerprint density at radius 2 is 1.69 bits per heavy atom. The fraction of sp³-hybridized carbons (Fsp3) is 0.462. The normalized spacial score (nSPS) is 20.0. The molecular weight excluding hydrogens is 679 g/mol. The SMILES string of the molecule is COC[C@@H]1CCC(C)(C)N1c1cnc(CN2C(=O)c3cccc(c3)S(=O)(=O)Nc3nc(cc(-c4c(C)cccc4C)n3)OC[C@H]2CC(C)(C)C)nc1. The number of methoxy groups -OCH3 is 1. The molecule has 2 aliphatic rings. The highest BCUT2D eigenvalue weighted by Crippen LogP contribution is 2.38. The molecule has 1 saturated heterocycles. The number of ether oxygens (including phenoxy) is 2. The van der Waals surface area contributed by atoms with Crippen LogP contribution in [0.4, 0.5) is 11.6 Å². The molecule has 0 saturated carbocycles. The molecule has 0 spiro atoms. The van der Waals surface area contributed by atoms with E-state index in [0.717, 1.165) is 35.2 Å². The largest absolute Gasteiger partial charge is 0.475 e. The van der Waals surface area contributed by atoms with Crippen molar-refractivity contribution in [1.29, 1.82) is 0 Å². The lowest BCUT2D eigenvalue weighted by Crippen LogP contribution is -2.46. The van der Waals surface area contributed by atoms with Crippen LogP contribution in [-0.2, 0) is 21.3 Å². The zero-order valence-corrected chi connectivity index (χ0v) is 32.1. The summed E-state index contributed by atoms with van der Waals surface area (Å²) in [4.78, 5) is 37.1. The van der Waals surface area contributed by atoms with E-state index in [1.54, 1.807) is 30.2 Å². The fourth-order valence-corrected chi connectivity index (χ4v) is 8.42. The second kappa shape index (κ2) is 14.4. The maximum absolute atomic E-state index is 14.6. The van der Waals surface area contributed by atoms with E-state index in [4.69, 9.17) is 19.4 Å². The Bertz CT molecular complexity index is 2030. The van der Waals surface area contributed by atoms with Crippen LogP contribution >= 0.6 is 0 Å². The van der Waals surface area contributed by atoms with Crippen LogP contribution in [0.3, 0.4) is 0 Å². The average molecular weight is 728 g/mol. The number of amides is 1. The van der Waals surface area contributed by atoms with Crippen molar-refractivity contribution in [3.63, 3.8) is 0 Å². The first-order valence-electron chi connectivity index (χ1n) is 17.7. The zero-order valence-electron chi connectivity index (χ0n) is 31.3. The van der Waals surface area contributed by atoms with E-state index in [2.05, 4.69) is 54.2 Å². The second-order valence-corrected chi connectivity index (χ2v) is 17.3. The monoisotopic (exact) mass is 727 g/mol. The van der Waals surface area contributed by atoms with Crippen LogP contribution in [0.15, 0.2) is 65.8 Å². The van der Waals surface area contributed by atoms with Gasteiger partial charge in [0.2, 0.25) is 11.8 Å². The molecule has 2 atom stereocenters. The Balaban J connectivity index is 1.42. The number of carbonyl (C=O) groups excluding carboxylic acids is 1. The van der Waals surface area contributed by atoms with Gasteiger partial charge in [0.25, 0.3) is 15.9 Å². The summed E-state index contributed by atoms with van der Waals surface area (Å²) in [6.45, 7) is 15.4. The number of aromatic nitrogens is 4. The molecule has 1 fully saturated rings. The van der Waals surface area contributed by atoms with Gasteiger partial charge in [-0.1, -0.05) is 45.0 Å². The number of nitrogens with one attached hydrogen (secondary N) is 1. The summed E-state index contributed by atoms with van der Waals surface area (Å²) in [5.41, 5.74) is 4.12. The Kier molecular flexibility index (Phi) is 10.3. The maximum atomic E-state index is 14.6. The van der Waals surface area contributed by atoms with Crippen molar-refractivity contribution in [2.75, 3.05) is 29.9 Å². The zero-order chi connectivity index (χ0) is 37.4. The Morgan fingerprint density at radius 3 is 2.37 bits per heavy atom. The van der Waals surface area contributed by atoms with Gasteiger partial charge in [0.05, 0.1) is 53.9 Å². The molecule has 1 amide bonds. The number of sulfonamides is 1. The first-order valence-corrected chi connectivity index (χ1v) is 19.1. The van der Waals surface area contributed by atoms with E-state index in [-0.39, 0.29) is 58.3 Å². The lowest BCUT2D eigenvalue weighted by Gasteiger charge is -2.37. The van der Waals surface area contributed by atoms with Gasteiger partial charge in [-0.25, -0.2) is 28.1 Å². The summed E-state index contributed by atoms with van der Waals surface area (Å²) < 4.78 is 42.0. The topological polar surface area (TPSA) is 140 Å². The molecule has 2 aromatic heterocycles. The van der Waals surface area contributed by atoms with E-state index in [1.165, 1.54) is 12.1 Å². The standard InChI is InChI=1S/C39H49N7O5S/c1-25-11-9-12-26(2)35(25)32-18-34-43-37(42-32)44-52(48,49)31-14-10-13-27(17-31)36(47)45(29(24-51-34)19-38(3,4)5)22-33-40-20-30(21-41-33)46-28(23-50-8)15-16-39(46,6)7/h9-14,17-18,20-21,28-29H,15-16,19,22-24H2,1-8H3,(H,42,43,44)/t28-,29+/m0/s1. The van der Waals surface area contributed by atoms with Crippen LogP contribution in [-0.4, -0.2) is 77.1 Å². The lowest BCUT2D eigenvalue weighted by atomic mass is 9.87. The highest BCUT2D eigenvalue weighted by molar-refractivity contribution is 7.92. The Hall–Kier alpha value is -4.62. The van der Waals surface area contributed by atoms with Gasteiger partial charge in [-0.05, 0) is 81.7 Å². The van der Waals surface area contributed by atoms with E-state index in [9.17, 15) is 13.2 Å². The minimum absolute atomic E-state index is 0.0754. The molecule has 4 heterocycles. The summed E-state index contributed by atoms with van der Waals surface area (Å²) in [6, 6.07) is 13.4. The third-order valence-electron chi connectivity index (χ3n) is 9.78. The molecule has 0 aliphatic carbocycles. The third kappa shape index (κ3) is 8.05.